The number of carbonyl (C=O) groups is 5. The van der Waals surface area contributed by atoms with Crippen molar-refractivity contribution in [3.63, 3.8) is 0 Å². The quantitative estimate of drug-likeness (QED) is 0.136. The van der Waals surface area contributed by atoms with Crippen molar-refractivity contribution >= 4 is 35.3 Å². The second-order valence-corrected chi connectivity index (χ2v) is 10.3. The Labute approximate surface area is 254 Å². The number of hydrogen-bond donors (Lipinski definition) is 7. The predicted octanol–water partition coefficient (Wildman–Crippen LogP) is 2.33. The third kappa shape index (κ3) is 10.2. The van der Waals surface area contributed by atoms with Crippen molar-refractivity contribution in [1.82, 2.24) is 16.0 Å². The van der Waals surface area contributed by atoms with Crippen molar-refractivity contribution in [1.29, 1.82) is 0 Å². The number of phenols is 1. The van der Waals surface area contributed by atoms with E-state index in [1.165, 1.54) is 50.2 Å². The molecule has 0 saturated carbocycles. The van der Waals surface area contributed by atoms with E-state index < -0.39 is 53.8 Å². The second kappa shape index (κ2) is 15.8. The van der Waals surface area contributed by atoms with Crippen molar-refractivity contribution in [2.45, 2.75) is 57.3 Å². The lowest BCUT2D eigenvalue weighted by atomic mass is 10.0. The van der Waals surface area contributed by atoms with Gasteiger partial charge in [0.1, 0.15) is 23.9 Å². The fraction of sp³-hybridized carbons (Fsp3) is 0.281. The summed E-state index contributed by atoms with van der Waals surface area (Å²) in [5, 5.41) is 39.0. The summed E-state index contributed by atoms with van der Waals surface area (Å²) in [6.45, 7) is 2.93. The standard InChI is InChI=1S/C32H36N4O8/c1-19(33-26(32(43)44)17-10-21-6-4-3-5-7-21)28(38)34-20(2)29(39)36-27(18-22-8-15-25(37)16-9-22)30(40)35-24-13-11-23(12-14-24)31(41)42/h3-9,11-16,19-20,26-27,33,37H,10,17-18H2,1-2H3,(H,34,38)(H,35,40)(H,36,39)(H,41,42)(H,43,44)/t19-,20+,26-,27-/m0/s1. The van der Waals surface area contributed by atoms with Gasteiger partial charge in [-0.1, -0.05) is 42.5 Å². The highest BCUT2D eigenvalue weighted by Gasteiger charge is 2.28. The summed E-state index contributed by atoms with van der Waals surface area (Å²) in [5.74, 6) is -4.05. The molecule has 3 aromatic rings. The zero-order chi connectivity index (χ0) is 32.2. The molecule has 0 bridgehead atoms. The highest BCUT2D eigenvalue weighted by Crippen LogP contribution is 2.14. The number of hydrogen-bond acceptors (Lipinski definition) is 7. The van der Waals surface area contributed by atoms with Crippen LogP contribution < -0.4 is 21.3 Å². The zero-order valence-electron chi connectivity index (χ0n) is 24.3. The summed E-state index contributed by atoms with van der Waals surface area (Å²) in [5.41, 5.74) is 1.95. The van der Waals surface area contributed by atoms with Gasteiger partial charge < -0.3 is 31.3 Å². The lowest BCUT2D eigenvalue weighted by Gasteiger charge is -2.24. The SMILES string of the molecule is C[C@H](N[C@@H](CCc1ccccc1)C(=O)O)C(=O)N[C@H](C)C(=O)N[C@@H](Cc1ccc(O)cc1)C(=O)Nc1ccc(C(=O)O)cc1. The molecule has 7 N–H and O–H groups in total. The van der Waals surface area contributed by atoms with E-state index in [2.05, 4.69) is 21.3 Å². The molecule has 12 heteroatoms. The summed E-state index contributed by atoms with van der Waals surface area (Å²) in [6.07, 6.45) is 0.789. The number of carbonyl (C=O) groups excluding carboxylic acids is 3. The molecule has 0 heterocycles. The van der Waals surface area contributed by atoms with Crippen LogP contribution >= 0.6 is 0 Å². The summed E-state index contributed by atoms with van der Waals surface area (Å²) in [6, 6.07) is 16.8. The number of aromatic hydroxyl groups is 1. The molecule has 44 heavy (non-hydrogen) atoms. The average Bonchev–Trinajstić information content (AvgIpc) is 3.00. The first-order chi connectivity index (χ1) is 20.9. The number of carboxylic acid groups (broad SMARTS) is 2. The van der Waals surface area contributed by atoms with Crippen LogP contribution in [0, 0.1) is 0 Å². The van der Waals surface area contributed by atoms with Crippen LogP contribution in [0.1, 0.15) is 41.8 Å². The van der Waals surface area contributed by atoms with E-state index in [4.69, 9.17) is 5.11 Å². The molecule has 0 spiro atoms. The van der Waals surface area contributed by atoms with Gasteiger partial charge in [-0.15, -0.1) is 0 Å². The Morgan fingerprint density at radius 3 is 1.89 bits per heavy atom. The maximum atomic E-state index is 13.2. The van der Waals surface area contributed by atoms with Crippen molar-refractivity contribution in [3.05, 3.63) is 95.6 Å². The van der Waals surface area contributed by atoms with Gasteiger partial charge in [0.05, 0.1) is 11.6 Å². The van der Waals surface area contributed by atoms with E-state index in [1.54, 1.807) is 12.1 Å². The van der Waals surface area contributed by atoms with Gasteiger partial charge in [-0.25, -0.2) is 4.79 Å². The minimum absolute atomic E-state index is 0.0292. The van der Waals surface area contributed by atoms with Crippen LogP contribution in [0.2, 0.25) is 0 Å². The van der Waals surface area contributed by atoms with E-state index >= 15 is 0 Å². The van der Waals surface area contributed by atoms with Crippen LogP contribution in [0.15, 0.2) is 78.9 Å². The topological polar surface area (TPSA) is 194 Å². The third-order valence-electron chi connectivity index (χ3n) is 6.87. The van der Waals surface area contributed by atoms with Gasteiger partial charge in [0.15, 0.2) is 0 Å². The third-order valence-corrected chi connectivity index (χ3v) is 6.87. The fourth-order valence-corrected chi connectivity index (χ4v) is 4.31. The molecule has 0 aliphatic carbocycles. The zero-order valence-corrected chi connectivity index (χ0v) is 24.3. The Kier molecular flexibility index (Phi) is 12.0. The number of aliphatic carboxylic acids is 1. The average molecular weight is 605 g/mol. The number of aromatic carboxylic acids is 1. The molecule has 3 rings (SSSR count). The monoisotopic (exact) mass is 604 g/mol. The smallest absolute Gasteiger partial charge is 0.335 e. The minimum Gasteiger partial charge on any atom is -0.508 e. The van der Waals surface area contributed by atoms with Gasteiger partial charge in [0, 0.05) is 12.1 Å². The highest BCUT2D eigenvalue weighted by molar-refractivity contribution is 5.99. The molecule has 12 nitrogen and oxygen atoms in total. The summed E-state index contributed by atoms with van der Waals surface area (Å²) in [7, 11) is 0. The van der Waals surface area contributed by atoms with Crippen LogP contribution in [0.25, 0.3) is 0 Å². The molecule has 0 saturated heterocycles. The molecule has 0 aliphatic heterocycles. The van der Waals surface area contributed by atoms with Crippen molar-refractivity contribution < 1.29 is 39.3 Å². The number of nitrogens with one attached hydrogen (secondary N) is 4. The number of rotatable bonds is 15. The number of benzene rings is 3. The first-order valence-corrected chi connectivity index (χ1v) is 14.0. The van der Waals surface area contributed by atoms with Crippen LogP contribution in [0.4, 0.5) is 5.69 Å². The first-order valence-electron chi connectivity index (χ1n) is 14.0. The molecule has 0 unspecified atom stereocenters. The predicted molar refractivity (Wildman–Crippen MR) is 162 cm³/mol. The molecular weight excluding hydrogens is 568 g/mol. The molecule has 0 aromatic heterocycles. The van der Waals surface area contributed by atoms with Crippen LogP contribution in [-0.4, -0.2) is 69.1 Å². The van der Waals surface area contributed by atoms with E-state index in [-0.39, 0.29) is 24.2 Å². The Morgan fingerprint density at radius 1 is 0.682 bits per heavy atom. The summed E-state index contributed by atoms with van der Waals surface area (Å²) < 4.78 is 0. The number of anilines is 1. The fourth-order valence-electron chi connectivity index (χ4n) is 4.31. The van der Waals surface area contributed by atoms with Gasteiger partial charge in [-0.05, 0) is 74.2 Å². The number of aryl methyl sites for hydroxylation is 1. The molecule has 232 valence electrons. The maximum Gasteiger partial charge on any atom is 0.335 e. The Balaban J connectivity index is 1.63. The van der Waals surface area contributed by atoms with Crippen LogP contribution in [0.5, 0.6) is 5.75 Å². The summed E-state index contributed by atoms with van der Waals surface area (Å²) >= 11 is 0. The first kappa shape index (κ1) is 33.3. The molecule has 4 atom stereocenters. The molecular formula is C32H36N4O8. The normalized spacial score (nSPS) is 13.5. The van der Waals surface area contributed by atoms with Crippen molar-refractivity contribution in [2.24, 2.45) is 0 Å². The van der Waals surface area contributed by atoms with Gasteiger partial charge in [-0.3, -0.25) is 24.5 Å². The summed E-state index contributed by atoms with van der Waals surface area (Å²) in [4.78, 5) is 62.1. The Hall–Kier alpha value is -5.23. The molecule has 0 aliphatic rings. The van der Waals surface area contributed by atoms with Gasteiger partial charge in [0.25, 0.3) is 0 Å². The van der Waals surface area contributed by atoms with E-state index in [0.717, 1.165) is 5.56 Å². The largest absolute Gasteiger partial charge is 0.508 e. The van der Waals surface area contributed by atoms with Crippen LogP contribution in [0.3, 0.4) is 0 Å². The molecule has 3 amide bonds. The van der Waals surface area contributed by atoms with E-state index in [1.807, 2.05) is 30.3 Å². The second-order valence-electron chi connectivity index (χ2n) is 10.3. The molecule has 0 radical (unpaired) electrons. The van der Waals surface area contributed by atoms with Crippen molar-refractivity contribution in [2.75, 3.05) is 5.32 Å². The van der Waals surface area contributed by atoms with E-state index in [0.29, 0.717) is 17.7 Å². The van der Waals surface area contributed by atoms with Crippen molar-refractivity contribution in [3.8, 4) is 5.75 Å². The number of phenolic OH excluding ortho intramolecular Hbond substituents is 1. The van der Waals surface area contributed by atoms with Gasteiger partial charge in [-0.2, -0.15) is 0 Å². The Morgan fingerprint density at radius 2 is 1.30 bits per heavy atom. The van der Waals surface area contributed by atoms with Gasteiger partial charge >= 0.3 is 11.9 Å². The number of carboxylic acids is 2. The molecule has 0 fully saturated rings. The van der Waals surface area contributed by atoms with E-state index in [9.17, 15) is 34.2 Å². The maximum absolute atomic E-state index is 13.2. The Bertz CT molecular complexity index is 1450. The lowest BCUT2D eigenvalue weighted by Crippen LogP contribution is -2.56. The lowest BCUT2D eigenvalue weighted by molar-refractivity contribution is -0.140. The van der Waals surface area contributed by atoms with Crippen LogP contribution in [-0.2, 0) is 32.0 Å². The molecule has 3 aromatic carbocycles. The number of amides is 3. The highest BCUT2D eigenvalue weighted by atomic mass is 16.4. The minimum atomic E-state index is -1.12. The van der Waals surface area contributed by atoms with Gasteiger partial charge in [0.2, 0.25) is 17.7 Å².